The summed E-state index contributed by atoms with van der Waals surface area (Å²) in [7, 11) is 4.79. The highest BCUT2D eigenvalue weighted by Crippen LogP contribution is 2.36. The van der Waals surface area contributed by atoms with Crippen LogP contribution in [-0.4, -0.2) is 49.5 Å². The molecule has 26 heavy (non-hydrogen) atoms. The van der Waals surface area contributed by atoms with E-state index in [-0.39, 0.29) is 5.92 Å². The van der Waals surface area contributed by atoms with Gasteiger partial charge in [-0.2, -0.15) is 0 Å². The van der Waals surface area contributed by atoms with Crippen molar-refractivity contribution in [3.05, 3.63) is 36.3 Å². The predicted molar refractivity (Wildman–Crippen MR) is 98.0 cm³/mol. The fraction of sp³-hybridized carbons (Fsp3) is 0.474. The summed E-state index contributed by atoms with van der Waals surface area (Å²) >= 11 is 0. The van der Waals surface area contributed by atoms with Crippen LogP contribution in [0.25, 0.3) is 0 Å². The molecule has 2 aromatic rings. The fourth-order valence-electron chi connectivity index (χ4n) is 3.42. The van der Waals surface area contributed by atoms with Crippen LogP contribution < -0.4 is 19.1 Å². The maximum atomic E-state index is 10.8. The lowest BCUT2D eigenvalue weighted by Crippen LogP contribution is -2.35. The molecule has 0 spiro atoms. The third-order valence-electron chi connectivity index (χ3n) is 4.92. The van der Waals surface area contributed by atoms with Crippen LogP contribution in [0.5, 0.6) is 17.4 Å². The first kappa shape index (κ1) is 18.3. The highest BCUT2D eigenvalue weighted by Gasteiger charge is 2.28. The summed E-state index contributed by atoms with van der Waals surface area (Å²) in [5.41, 5.74) is 1.75. The second-order valence-corrected chi connectivity index (χ2v) is 6.29. The summed E-state index contributed by atoms with van der Waals surface area (Å²) in [6.45, 7) is 1.67. The Morgan fingerprint density at radius 3 is 2.46 bits per heavy atom. The average molecular weight is 359 g/mol. The molecule has 7 heteroatoms. The molecule has 7 nitrogen and oxygen atoms in total. The van der Waals surface area contributed by atoms with Crippen molar-refractivity contribution in [3.8, 4) is 17.4 Å². The van der Waals surface area contributed by atoms with Crippen molar-refractivity contribution >= 4 is 5.69 Å². The number of ether oxygens (including phenoxy) is 3. The van der Waals surface area contributed by atoms with E-state index in [1.807, 2.05) is 6.07 Å². The Bertz CT molecular complexity index is 732. The largest absolute Gasteiger partial charge is 0.496 e. The first-order valence-electron chi connectivity index (χ1n) is 8.66. The molecule has 0 saturated carbocycles. The summed E-state index contributed by atoms with van der Waals surface area (Å²) in [6, 6.07) is 3.72. The van der Waals surface area contributed by atoms with Gasteiger partial charge in [0.25, 0.3) is 5.88 Å². The molecule has 2 aromatic heterocycles. The number of nitrogens with zero attached hydrogens (tertiary/aromatic N) is 3. The summed E-state index contributed by atoms with van der Waals surface area (Å²) in [4.78, 5) is 10.7. The van der Waals surface area contributed by atoms with Crippen molar-refractivity contribution in [3.63, 3.8) is 0 Å². The zero-order valence-corrected chi connectivity index (χ0v) is 15.4. The highest BCUT2D eigenvalue weighted by atomic mass is 16.5. The molecule has 1 saturated heterocycles. The summed E-state index contributed by atoms with van der Waals surface area (Å²) in [5, 5.41) is 10.8. The second-order valence-electron chi connectivity index (χ2n) is 6.29. The highest BCUT2D eigenvalue weighted by molar-refractivity contribution is 5.52. The van der Waals surface area contributed by atoms with Crippen LogP contribution >= 0.6 is 0 Å². The predicted octanol–water partition coefficient (Wildman–Crippen LogP) is 2.45. The SMILES string of the molecule is COc1ccncc1C(O)C1CCN(c2cnc(OC)c(OC)c2)CC1. The Hall–Kier alpha value is -2.54. The maximum Gasteiger partial charge on any atom is 0.256 e. The minimum absolute atomic E-state index is 0.164. The zero-order valence-electron chi connectivity index (χ0n) is 15.4. The molecule has 0 aliphatic carbocycles. The molecule has 1 aliphatic heterocycles. The first-order valence-corrected chi connectivity index (χ1v) is 8.66. The van der Waals surface area contributed by atoms with Crippen molar-refractivity contribution in [2.24, 2.45) is 5.92 Å². The number of methoxy groups -OCH3 is 3. The summed E-state index contributed by atoms with van der Waals surface area (Å²) in [6.07, 6.45) is 6.31. The van der Waals surface area contributed by atoms with Gasteiger partial charge < -0.3 is 24.2 Å². The second kappa shape index (κ2) is 8.23. The van der Waals surface area contributed by atoms with Crippen molar-refractivity contribution in [1.82, 2.24) is 9.97 Å². The van der Waals surface area contributed by atoms with Crippen molar-refractivity contribution < 1.29 is 19.3 Å². The van der Waals surface area contributed by atoms with Gasteiger partial charge in [0.1, 0.15) is 5.75 Å². The number of aliphatic hydroxyl groups is 1. The van der Waals surface area contributed by atoms with Crippen LogP contribution in [0.3, 0.4) is 0 Å². The Morgan fingerprint density at radius 2 is 1.81 bits per heavy atom. The van der Waals surface area contributed by atoms with Gasteiger partial charge in [-0.1, -0.05) is 0 Å². The van der Waals surface area contributed by atoms with Gasteiger partial charge in [0.05, 0.1) is 39.3 Å². The fourth-order valence-corrected chi connectivity index (χ4v) is 3.42. The number of piperidine rings is 1. The molecule has 1 unspecified atom stereocenters. The molecule has 1 atom stereocenters. The number of pyridine rings is 2. The molecule has 1 fully saturated rings. The van der Waals surface area contributed by atoms with E-state index >= 15 is 0 Å². The molecule has 1 N–H and O–H groups in total. The number of aliphatic hydroxyl groups excluding tert-OH is 1. The third-order valence-corrected chi connectivity index (χ3v) is 4.92. The quantitative estimate of drug-likeness (QED) is 0.849. The van der Waals surface area contributed by atoms with Crippen molar-refractivity contribution in [2.45, 2.75) is 18.9 Å². The average Bonchev–Trinajstić information content (AvgIpc) is 2.72. The first-order chi connectivity index (χ1) is 12.7. The smallest absolute Gasteiger partial charge is 0.256 e. The van der Waals surface area contributed by atoms with Crippen LogP contribution in [0, 0.1) is 5.92 Å². The molecule has 0 amide bonds. The van der Waals surface area contributed by atoms with Gasteiger partial charge in [-0.25, -0.2) is 4.98 Å². The van der Waals surface area contributed by atoms with Gasteiger partial charge in [-0.15, -0.1) is 0 Å². The lowest BCUT2D eigenvalue weighted by atomic mass is 9.87. The molecule has 3 heterocycles. The van der Waals surface area contributed by atoms with Gasteiger partial charge in [0, 0.05) is 37.1 Å². The van der Waals surface area contributed by atoms with E-state index in [0.717, 1.165) is 37.2 Å². The zero-order chi connectivity index (χ0) is 18.5. The van der Waals surface area contributed by atoms with E-state index in [1.54, 1.807) is 46.0 Å². The molecule has 140 valence electrons. The number of aromatic nitrogens is 2. The lowest BCUT2D eigenvalue weighted by Gasteiger charge is -2.35. The summed E-state index contributed by atoms with van der Waals surface area (Å²) < 4.78 is 15.9. The van der Waals surface area contributed by atoms with Gasteiger partial charge in [-0.05, 0) is 24.8 Å². The third kappa shape index (κ3) is 3.67. The summed E-state index contributed by atoms with van der Waals surface area (Å²) in [5.74, 6) is 1.94. The number of hydrogen-bond donors (Lipinski definition) is 1. The number of hydrogen-bond acceptors (Lipinski definition) is 7. The molecule has 3 rings (SSSR count). The van der Waals surface area contributed by atoms with E-state index in [1.165, 1.54) is 0 Å². The van der Waals surface area contributed by atoms with Gasteiger partial charge in [-0.3, -0.25) is 4.98 Å². The van der Waals surface area contributed by atoms with E-state index in [2.05, 4.69) is 14.9 Å². The monoisotopic (exact) mass is 359 g/mol. The molecule has 0 bridgehead atoms. The normalized spacial score (nSPS) is 16.2. The Kier molecular flexibility index (Phi) is 5.78. The Morgan fingerprint density at radius 1 is 1.08 bits per heavy atom. The van der Waals surface area contributed by atoms with E-state index in [0.29, 0.717) is 17.4 Å². The Labute approximate surface area is 153 Å². The lowest BCUT2D eigenvalue weighted by molar-refractivity contribution is 0.0900. The van der Waals surface area contributed by atoms with E-state index < -0.39 is 6.10 Å². The molecule has 0 aromatic carbocycles. The standard InChI is InChI=1S/C19H25N3O4/c1-24-16-4-7-20-12-15(16)18(23)13-5-8-22(9-6-13)14-10-17(25-2)19(26-3)21-11-14/h4,7,10-13,18,23H,5-6,8-9H2,1-3H3. The van der Waals surface area contributed by atoms with Crippen LogP contribution in [0.1, 0.15) is 24.5 Å². The molecular formula is C19H25N3O4. The van der Waals surface area contributed by atoms with Gasteiger partial charge in [0.15, 0.2) is 5.75 Å². The van der Waals surface area contributed by atoms with Crippen LogP contribution in [0.15, 0.2) is 30.7 Å². The maximum absolute atomic E-state index is 10.8. The van der Waals surface area contributed by atoms with Gasteiger partial charge in [0.2, 0.25) is 0 Å². The molecule has 1 aliphatic rings. The topological polar surface area (TPSA) is 76.9 Å². The Balaban J connectivity index is 1.67. The van der Waals surface area contributed by atoms with Crippen LogP contribution in [0.4, 0.5) is 5.69 Å². The van der Waals surface area contributed by atoms with Crippen molar-refractivity contribution in [1.29, 1.82) is 0 Å². The molecule has 0 radical (unpaired) electrons. The number of anilines is 1. The van der Waals surface area contributed by atoms with Crippen LogP contribution in [0.2, 0.25) is 0 Å². The molecular weight excluding hydrogens is 334 g/mol. The van der Waals surface area contributed by atoms with Crippen LogP contribution in [-0.2, 0) is 0 Å². The van der Waals surface area contributed by atoms with Gasteiger partial charge >= 0.3 is 0 Å². The van der Waals surface area contributed by atoms with Crippen molar-refractivity contribution in [2.75, 3.05) is 39.3 Å². The number of rotatable bonds is 6. The minimum atomic E-state index is -0.579. The minimum Gasteiger partial charge on any atom is -0.496 e. The van der Waals surface area contributed by atoms with E-state index in [4.69, 9.17) is 14.2 Å². The van der Waals surface area contributed by atoms with E-state index in [9.17, 15) is 5.11 Å².